The van der Waals surface area contributed by atoms with Gasteiger partial charge in [0.25, 0.3) is 5.91 Å². The fourth-order valence-corrected chi connectivity index (χ4v) is 3.91. The predicted molar refractivity (Wildman–Crippen MR) is 116 cm³/mol. The van der Waals surface area contributed by atoms with Gasteiger partial charge in [0.1, 0.15) is 6.04 Å². The van der Waals surface area contributed by atoms with Crippen LogP contribution in [0.4, 0.5) is 11.4 Å². The van der Waals surface area contributed by atoms with Crippen LogP contribution in [0.15, 0.2) is 24.3 Å². The molecule has 3 rings (SSSR count). The van der Waals surface area contributed by atoms with E-state index >= 15 is 0 Å². The van der Waals surface area contributed by atoms with Gasteiger partial charge in [-0.3, -0.25) is 24.1 Å². The van der Waals surface area contributed by atoms with E-state index in [9.17, 15) is 19.2 Å². The van der Waals surface area contributed by atoms with Crippen LogP contribution in [0.3, 0.4) is 0 Å². The van der Waals surface area contributed by atoms with Crippen molar-refractivity contribution < 1.29 is 23.9 Å². The molecule has 31 heavy (non-hydrogen) atoms. The molecule has 1 aromatic carbocycles. The number of hydrogen-bond donors (Lipinski definition) is 1. The monoisotopic (exact) mass is 430 g/mol. The van der Waals surface area contributed by atoms with Gasteiger partial charge in [0, 0.05) is 45.2 Å². The zero-order valence-corrected chi connectivity index (χ0v) is 18.1. The first-order valence-corrected chi connectivity index (χ1v) is 10.7. The Balaban J connectivity index is 1.73. The highest BCUT2D eigenvalue weighted by atomic mass is 16.5. The third kappa shape index (κ3) is 5.68. The van der Waals surface area contributed by atoms with Crippen LogP contribution in [0.5, 0.6) is 0 Å². The van der Waals surface area contributed by atoms with E-state index in [2.05, 4.69) is 10.2 Å². The molecule has 2 saturated heterocycles. The van der Waals surface area contributed by atoms with Crippen molar-refractivity contribution in [2.24, 2.45) is 0 Å². The molecule has 0 spiro atoms. The summed E-state index contributed by atoms with van der Waals surface area (Å²) in [6.45, 7) is 7.27. The summed E-state index contributed by atoms with van der Waals surface area (Å²) < 4.78 is 5.37. The van der Waals surface area contributed by atoms with E-state index in [-0.39, 0.29) is 30.0 Å². The molecule has 2 aliphatic rings. The van der Waals surface area contributed by atoms with Crippen LogP contribution in [0.1, 0.15) is 33.1 Å². The lowest BCUT2D eigenvalue weighted by molar-refractivity contribution is -0.138. The number of hydrogen-bond acceptors (Lipinski definition) is 6. The maximum absolute atomic E-state index is 13.2. The molecule has 0 aromatic heterocycles. The SMILES string of the molecule is CCCC(=O)N(CCN1CCOCC1)C1CC(=O)N(c2ccc(NC(C)=O)cc2)C1=O. The summed E-state index contributed by atoms with van der Waals surface area (Å²) in [5.41, 5.74) is 1.01. The van der Waals surface area contributed by atoms with Crippen molar-refractivity contribution in [3.05, 3.63) is 24.3 Å². The van der Waals surface area contributed by atoms with Gasteiger partial charge in [0.05, 0.1) is 25.3 Å². The number of anilines is 2. The fourth-order valence-electron chi connectivity index (χ4n) is 3.91. The summed E-state index contributed by atoms with van der Waals surface area (Å²) in [7, 11) is 0. The van der Waals surface area contributed by atoms with Crippen molar-refractivity contribution in [3.8, 4) is 0 Å². The van der Waals surface area contributed by atoms with Crippen LogP contribution in [0.25, 0.3) is 0 Å². The van der Waals surface area contributed by atoms with Gasteiger partial charge < -0.3 is 15.0 Å². The quantitative estimate of drug-likeness (QED) is 0.623. The zero-order chi connectivity index (χ0) is 22.4. The van der Waals surface area contributed by atoms with Crippen LogP contribution in [-0.2, 0) is 23.9 Å². The smallest absolute Gasteiger partial charge is 0.257 e. The van der Waals surface area contributed by atoms with Crippen molar-refractivity contribution in [1.82, 2.24) is 9.80 Å². The van der Waals surface area contributed by atoms with Gasteiger partial charge in [0.15, 0.2) is 0 Å². The van der Waals surface area contributed by atoms with Crippen molar-refractivity contribution in [2.75, 3.05) is 49.6 Å². The Hall–Kier alpha value is -2.78. The number of carbonyl (C=O) groups excluding carboxylic acids is 4. The van der Waals surface area contributed by atoms with E-state index in [0.29, 0.717) is 50.5 Å². The molecular weight excluding hydrogens is 400 g/mol. The number of morpholine rings is 1. The molecule has 2 fully saturated rings. The molecule has 4 amide bonds. The molecule has 0 aliphatic carbocycles. The first-order valence-electron chi connectivity index (χ1n) is 10.7. The Morgan fingerprint density at radius 1 is 1.16 bits per heavy atom. The van der Waals surface area contributed by atoms with Crippen LogP contribution >= 0.6 is 0 Å². The molecule has 0 radical (unpaired) electrons. The molecule has 0 saturated carbocycles. The summed E-state index contributed by atoms with van der Waals surface area (Å²) in [5, 5.41) is 2.66. The molecule has 1 N–H and O–H groups in total. The summed E-state index contributed by atoms with van der Waals surface area (Å²) >= 11 is 0. The topological polar surface area (TPSA) is 99.3 Å². The number of rotatable bonds is 8. The highest BCUT2D eigenvalue weighted by Gasteiger charge is 2.44. The molecule has 9 heteroatoms. The first kappa shape index (κ1) is 22.9. The molecule has 2 heterocycles. The maximum Gasteiger partial charge on any atom is 0.257 e. The maximum atomic E-state index is 13.2. The van der Waals surface area contributed by atoms with Crippen LogP contribution in [0.2, 0.25) is 0 Å². The number of carbonyl (C=O) groups is 4. The minimum Gasteiger partial charge on any atom is -0.379 e. The van der Waals surface area contributed by atoms with E-state index in [1.165, 1.54) is 6.92 Å². The number of imide groups is 1. The first-order chi connectivity index (χ1) is 14.9. The summed E-state index contributed by atoms with van der Waals surface area (Å²) in [6, 6.07) is 5.74. The Kier molecular flexibility index (Phi) is 7.75. The third-order valence-electron chi connectivity index (χ3n) is 5.49. The Labute approximate surface area is 182 Å². The van der Waals surface area contributed by atoms with Crippen LogP contribution < -0.4 is 10.2 Å². The number of ether oxygens (including phenoxy) is 1. The minimum absolute atomic E-state index is 0.0230. The second kappa shape index (κ2) is 10.5. The predicted octanol–water partition coefficient (Wildman–Crippen LogP) is 1.24. The van der Waals surface area contributed by atoms with Gasteiger partial charge in [-0.15, -0.1) is 0 Å². The number of amides is 4. The Bertz CT molecular complexity index is 820. The highest BCUT2D eigenvalue weighted by molar-refractivity contribution is 6.23. The molecule has 9 nitrogen and oxygen atoms in total. The Morgan fingerprint density at radius 3 is 2.45 bits per heavy atom. The molecule has 1 atom stereocenters. The standard InChI is InChI=1S/C22H30N4O5/c1-3-4-20(28)25(10-9-24-11-13-31-14-12-24)19-15-21(29)26(22(19)30)18-7-5-17(6-8-18)23-16(2)27/h5-8,19H,3-4,9-15H2,1-2H3,(H,23,27). The zero-order valence-electron chi connectivity index (χ0n) is 18.1. The third-order valence-corrected chi connectivity index (χ3v) is 5.49. The van der Waals surface area contributed by atoms with Gasteiger partial charge >= 0.3 is 0 Å². The lowest BCUT2D eigenvalue weighted by Gasteiger charge is -2.32. The van der Waals surface area contributed by atoms with Gasteiger partial charge in [-0.2, -0.15) is 0 Å². The number of nitrogens with one attached hydrogen (secondary N) is 1. The average Bonchev–Trinajstić information content (AvgIpc) is 3.03. The van der Waals surface area contributed by atoms with Crippen molar-refractivity contribution in [2.45, 2.75) is 39.2 Å². The van der Waals surface area contributed by atoms with Crippen molar-refractivity contribution in [3.63, 3.8) is 0 Å². The molecule has 1 aromatic rings. The van der Waals surface area contributed by atoms with Crippen molar-refractivity contribution in [1.29, 1.82) is 0 Å². The molecule has 168 valence electrons. The average molecular weight is 431 g/mol. The second-order valence-electron chi connectivity index (χ2n) is 7.81. The van der Waals surface area contributed by atoms with E-state index in [0.717, 1.165) is 18.0 Å². The van der Waals surface area contributed by atoms with E-state index in [1.807, 2.05) is 6.92 Å². The summed E-state index contributed by atoms with van der Waals surface area (Å²) in [6.07, 6.45) is 0.993. The second-order valence-corrected chi connectivity index (χ2v) is 7.81. The summed E-state index contributed by atoms with van der Waals surface area (Å²) in [4.78, 5) is 54.8. The van der Waals surface area contributed by atoms with Gasteiger partial charge in [-0.05, 0) is 30.7 Å². The highest BCUT2D eigenvalue weighted by Crippen LogP contribution is 2.27. The van der Waals surface area contributed by atoms with Gasteiger partial charge in [-0.1, -0.05) is 6.92 Å². The van der Waals surface area contributed by atoms with Crippen LogP contribution in [-0.4, -0.2) is 78.9 Å². The van der Waals surface area contributed by atoms with E-state index in [4.69, 9.17) is 4.74 Å². The summed E-state index contributed by atoms with van der Waals surface area (Å²) in [5.74, 6) is -1.03. The molecule has 1 unspecified atom stereocenters. The lowest BCUT2D eigenvalue weighted by atomic mass is 10.1. The van der Waals surface area contributed by atoms with Gasteiger partial charge in [-0.25, -0.2) is 4.90 Å². The van der Waals surface area contributed by atoms with E-state index < -0.39 is 6.04 Å². The fraction of sp³-hybridized carbons (Fsp3) is 0.545. The van der Waals surface area contributed by atoms with Crippen LogP contribution in [0, 0.1) is 0 Å². The van der Waals surface area contributed by atoms with Crippen molar-refractivity contribution >= 4 is 35.0 Å². The lowest BCUT2D eigenvalue weighted by Crippen LogP contribution is -2.49. The normalized spacial score (nSPS) is 19.5. The molecule has 0 bridgehead atoms. The van der Waals surface area contributed by atoms with E-state index in [1.54, 1.807) is 29.2 Å². The Morgan fingerprint density at radius 2 is 1.84 bits per heavy atom. The minimum atomic E-state index is -0.789. The molecule has 2 aliphatic heterocycles. The number of benzene rings is 1. The van der Waals surface area contributed by atoms with Gasteiger partial charge in [0.2, 0.25) is 17.7 Å². The molecular formula is C22H30N4O5. The largest absolute Gasteiger partial charge is 0.379 e. The number of nitrogens with zero attached hydrogens (tertiary/aromatic N) is 3.